The van der Waals surface area contributed by atoms with Crippen LogP contribution in [0.4, 0.5) is 0 Å². The number of benzene rings is 6. The molecule has 0 saturated carbocycles. The zero-order valence-electron chi connectivity index (χ0n) is 23.0. The molecule has 2 nitrogen and oxygen atoms in total. The second-order valence-electron chi connectivity index (χ2n) is 10.7. The van der Waals surface area contributed by atoms with Gasteiger partial charge in [0.15, 0.2) is 11.6 Å². The van der Waals surface area contributed by atoms with Crippen molar-refractivity contribution in [1.82, 2.24) is 0 Å². The van der Waals surface area contributed by atoms with Crippen LogP contribution in [0, 0.1) is 0 Å². The van der Waals surface area contributed by atoms with Crippen LogP contribution in [0.5, 0.6) is 0 Å². The first kappa shape index (κ1) is 26.5. The van der Waals surface area contributed by atoms with E-state index in [0.717, 1.165) is 41.8 Å². The molecule has 0 unspecified atom stereocenters. The van der Waals surface area contributed by atoms with Gasteiger partial charge >= 0.3 is 0 Å². The molecule has 1 aliphatic carbocycles. The lowest BCUT2D eigenvalue weighted by molar-refractivity contribution is 0.0980. The number of carbonyl (C=O) groups excluding carboxylic acids is 2. The van der Waals surface area contributed by atoms with Gasteiger partial charge in [-0.15, -0.1) is 0 Å². The predicted molar refractivity (Wildman–Crippen MR) is 180 cm³/mol. The largest absolute Gasteiger partial charge is 0.289 e. The van der Waals surface area contributed by atoms with Crippen molar-refractivity contribution in [3.8, 4) is 22.3 Å². The van der Waals surface area contributed by atoms with Crippen LogP contribution in [0.15, 0.2) is 160 Å². The molecule has 0 radical (unpaired) electrons. The van der Waals surface area contributed by atoms with Gasteiger partial charge in [0.2, 0.25) is 0 Å². The summed E-state index contributed by atoms with van der Waals surface area (Å²) in [4.78, 5) is 38.4. The highest BCUT2D eigenvalue weighted by Gasteiger charge is 2.35. The highest BCUT2D eigenvalue weighted by Crippen LogP contribution is 2.54. The maximum atomic E-state index is 14.8. The Kier molecular flexibility index (Phi) is 6.20. The van der Waals surface area contributed by atoms with Gasteiger partial charge in [-0.2, -0.15) is 0 Å². The third-order valence-corrected chi connectivity index (χ3v) is 13.4. The monoisotopic (exact) mass is 636 g/mol. The van der Waals surface area contributed by atoms with E-state index < -0.39 is 0 Å². The Hall–Kier alpha value is -3.94. The van der Waals surface area contributed by atoms with E-state index in [2.05, 4.69) is 72.8 Å². The van der Waals surface area contributed by atoms with Crippen molar-refractivity contribution >= 4 is 58.6 Å². The molecule has 9 rings (SSSR count). The van der Waals surface area contributed by atoms with Gasteiger partial charge in [0, 0.05) is 61.4 Å². The van der Waals surface area contributed by atoms with Gasteiger partial charge in [0.1, 0.15) is 0 Å². The molecular formula is C38H20O2S4. The van der Waals surface area contributed by atoms with Crippen LogP contribution in [0.2, 0.25) is 0 Å². The lowest BCUT2D eigenvalue weighted by atomic mass is 9.78. The minimum Gasteiger partial charge on any atom is -0.289 e. The lowest BCUT2D eigenvalue weighted by Crippen LogP contribution is -2.23. The van der Waals surface area contributed by atoms with Crippen LogP contribution < -0.4 is 0 Å². The fourth-order valence-electron chi connectivity index (χ4n) is 6.21. The summed E-state index contributed by atoms with van der Waals surface area (Å²) < 4.78 is 0. The average Bonchev–Trinajstić information content (AvgIpc) is 3.07. The van der Waals surface area contributed by atoms with Crippen LogP contribution in [-0.2, 0) is 0 Å². The average molecular weight is 637 g/mol. The van der Waals surface area contributed by atoms with E-state index in [1.807, 2.05) is 36.4 Å². The number of fused-ring (bicyclic) bond motifs is 6. The zero-order chi connectivity index (χ0) is 29.4. The predicted octanol–water partition coefficient (Wildman–Crippen LogP) is 11.0. The molecule has 6 aromatic rings. The fourth-order valence-corrected chi connectivity index (χ4v) is 11.0. The smallest absolute Gasteiger partial charge is 0.195 e. The van der Waals surface area contributed by atoms with Gasteiger partial charge in [-0.1, -0.05) is 132 Å². The zero-order valence-corrected chi connectivity index (χ0v) is 26.3. The van der Waals surface area contributed by atoms with Crippen molar-refractivity contribution < 1.29 is 9.59 Å². The quantitative estimate of drug-likeness (QED) is 0.188. The molecule has 6 aromatic carbocycles. The third-order valence-electron chi connectivity index (χ3n) is 8.17. The van der Waals surface area contributed by atoms with Crippen molar-refractivity contribution in [3.05, 3.63) is 144 Å². The molecule has 3 aliphatic rings. The summed E-state index contributed by atoms with van der Waals surface area (Å²) in [7, 11) is 0. The van der Waals surface area contributed by atoms with Crippen LogP contribution in [0.3, 0.4) is 0 Å². The minimum atomic E-state index is -0.104. The van der Waals surface area contributed by atoms with Crippen LogP contribution in [-0.4, -0.2) is 11.6 Å². The topological polar surface area (TPSA) is 34.1 Å². The Morgan fingerprint density at radius 3 is 1.09 bits per heavy atom. The lowest BCUT2D eigenvalue weighted by Gasteiger charge is -2.26. The molecule has 0 saturated heterocycles. The van der Waals surface area contributed by atoms with E-state index in [1.165, 1.54) is 19.6 Å². The molecule has 44 heavy (non-hydrogen) atoms. The first-order valence-electron chi connectivity index (χ1n) is 14.2. The summed E-state index contributed by atoms with van der Waals surface area (Å²) in [5, 5.41) is 0. The number of hydrogen-bond donors (Lipinski definition) is 0. The van der Waals surface area contributed by atoms with Crippen LogP contribution >= 0.6 is 47.0 Å². The highest BCUT2D eigenvalue weighted by molar-refractivity contribution is 8.05. The standard InChI is InChI=1S/C38H20O2S4/c39-35-25-13-5-9-21(23-11-7-19-31-37(23)43-29-17-3-1-15-27(29)41-31)33(25)36(40)34-22(10-6-14-26(34)35)24-12-8-20-32-38(24)44-30-18-4-2-16-28(30)42-32/h1-20H. The van der Waals surface area contributed by atoms with Gasteiger partial charge in [-0.25, -0.2) is 0 Å². The third kappa shape index (κ3) is 4.02. The number of rotatable bonds is 2. The summed E-state index contributed by atoms with van der Waals surface area (Å²) in [5.41, 5.74) is 5.50. The summed E-state index contributed by atoms with van der Waals surface area (Å²) >= 11 is 6.96. The summed E-state index contributed by atoms with van der Waals surface area (Å²) in [6.07, 6.45) is 0. The van der Waals surface area contributed by atoms with Crippen molar-refractivity contribution in [2.24, 2.45) is 0 Å². The van der Waals surface area contributed by atoms with Crippen LogP contribution in [0.25, 0.3) is 22.3 Å². The molecule has 0 amide bonds. The van der Waals surface area contributed by atoms with E-state index in [9.17, 15) is 9.59 Å². The highest BCUT2D eigenvalue weighted by atomic mass is 32.2. The molecule has 0 atom stereocenters. The van der Waals surface area contributed by atoms with Gasteiger partial charge in [-0.05, 0) is 58.7 Å². The Bertz CT molecular complexity index is 2080. The van der Waals surface area contributed by atoms with E-state index in [4.69, 9.17) is 0 Å². The Morgan fingerprint density at radius 1 is 0.295 bits per heavy atom. The van der Waals surface area contributed by atoms with E-state index in [0.29, 0.717) is 22.3 Å². The maximum absolute atomic E-state index is 14.8. The minimum absolute atomic E-state index is 0.0984. The van der Waals surface area contributed by atoms with Crippen molar-refractivity contribution in [1.29, 1.82) is 0 Å². The number of carbonyl (C=O) groups is 2. The molecule has 208 valence electrons. The van der Waals surface area contributed by atoms with Crippen molar-refractivity contribution in [2.45, 2.75) is 39.2 Å². The number of ketones is 2. The van der Waals surface area contributed by atoms with E-state index in [-0.39, 0.29) is 11.6 Å². The molecule has 0 spiro atoms. The Balaban J connectivity index is 1.21. The van der Waals surface area contributed by atoms with Gasteiger partial charge in [0.05, 0.1) is 0 Å². The van der Waals surface area contributed by atoms with Gasteiger partial charge < -0.3 is 0 Å². The second kappa shape index (κ2) is 10.3. The van der Waals surface area contributed by atoms with Crippen LogP contribution in [0.1, 0.15) is 31.8 Å². The van der Waals surface area contributed by atoms with Crippen molar-refractivity contribution in [3.63, 3.8) is 0 Å². The first-order valence-corrected chi connectivity index (χ1v) is 17.4. The normalized spacial score (nSPS) is 14.1. The molecule has 0 fully saturated rings. The maximum Gasteiger partial charge on any atom is 0.195 e. The van der Waals surface area contributed by atoms with Gasteiger partial charge in [0.25, 0.3) is 0 Å². The fraction of sp³-hybridized carbons (Fsp3) is 0. The summed E-state index contributed by atoms with van der Waals surface area (Å²) in [6.45, 7) is 0. The molecule has 0 bridgehead atoms. The van der Waals surface area contributed by atoms with E-state index >= 15 is 0 Å². The second-order valence-corrected chi connectivity index (χ2v) is 15.0. The van der Waals surface area contributed by atoms with Gasteiger partial charge in [-0.3, -0.25) is 9.59 Å². The molecule has 0 N–H and O–H groups in total. The van der Waals surface area contributed by atoms with Crippen molar-refractivity contribution in [2.75, 3.05) is 0 Å². The molecule has 2 heterocycles. The number of hydrogen-bond acceptors (Lipinski definition) is 6. The SMILES string of the molecule is O=C1c2cccc(-c3cccc4c3Sc3ccccc3S4)c2C(=O)c2c1cccc2-c1cccc2c1Sc1ccccc1S2. The molecule has 2 aliphatic heterocycles. The molecular weight excluding hydrogens is 617 g/mol. The first-order chi connectivity index (χ1) is 21.7. The summed E-state index contributed by atoms with van der Waals surface area (Å²) in [5.74, 6) is -0.202. The molecule has 0 aromatic heterocycles. The molecule has 6 heteroatoms. The Morgan fingerprint density at radius 2 is 0.636 bits per heavy atom. The Labute approximate surface area is 271 Å². The summed E-state index contributed by atoms with van der Waals surface area (Å²) in [6, 6.07) is 40.7. The van der Waals surface area contributed by atoms with E-state index in [1.54, 1.807) is 59.2 Å².